The maximum Gasteiger partial charge on any atom is 0.335 e. The van der Waals surface area contributed by atoms with Crippen molar-refractivity contribution >= 4 is 5.97 Å². The van der Waals surface area contributed by atoms with Gasteiger partial charge in [-0.1, -0.05) is 0 Å². The molecule has 0 radical (unpaired) electrons. The van der Waals surface area contributed by atoms with Crippen molar-refractivity contribution in [3.63, 3.8) is 0 Å². The second-order valence-corrected chi connectivity index (χ2v) is 7.78. The van der Waals surface area contributed by atoms with E-state index in [-0.39, 0.29) is 17.1 Å². The Morgan fingerprint density at radius 3 is 2.24 bits per heavy atom. The van der Waals surface area contributed by atoms with Crippen molar-refractivity contribution in [1.29, 1.82) is 0 Å². The molecule has 0 aliphatic carbocycles. The van der Waals surface area contributed by atoms with Crippen LogP contribution >= 0.6 is 0 Å². The molecular weight excluding hydrogens is 448 g/mol. The average Bonchev–Trinajstić information content (AvgIpc) is 2.80. The maximum atomic E-state index is 11.2. The molecule has 186 valence electrons. The van der Waals surface area contributed by atoms with Gasteiger partial charge < -0.3 is 59.4 Å². The van der Waals surface area contributed by atoms with Crippen LogP contribution in [0.25, 0.3) is 0 Å². The molecule has 0 aromatic heterocycles. The van der Waals surface area contributed by atoms with Crippen molar-refractivity contribution in [1.82, 2.24) is 0 Å². The quantitative estimate of drug-likeness (QED) is 0.216. The number of carboxylic acids is 1. The number of benzene rings is 1. The summed E-state index contributed by atoms with van der Waals surface area (Å²) in [6, 6.07) is 3.71. The second-order valence-electron chi connectivity index (χ2n) is 7.78. The van der Waals surface area contributed by atoms with Crippen LogP contribution in [0.2, 0.25) is 0 Å². The van der Waals surface area contributed by atoms with Crippen molar-refractivity contribution in [2.24, 2.45) is 0 Å². The lowest BCUT2D eigenvalue weighted by atomic mass is 9.97. The molecule has 0 unspecified atom stereocenters. The van der Waals surface area contributed by atoms with Gasteiger partial charge in [-0.05, 0) is 25.1 Å². The summed E-state index contributed by atoms with van der Waals surface area (Å²) in [4.78, 5) is 11.2. The van der Waals surface area contributed by atoms with Crippen LogP contribution in [0.15, 0.2) is 18.2 Å². The number of ether oxygens (including phenoxy) is 5. The Labute approximate surface area is 188 Å². The minimum atomic E-state index is -1.71. The highest BCUT2D eigenvalue weighted by Crippen LogP contribution is 2.34. The Morgan fingerprint density at radius 1 is 0.939 bits per heavy atom. The largest absolute Gasteiger partial charge is 0.493 e. The van der Waals surface area contributed by atoms with Crippen LogP contribution in [0.5, 0.6) is 11.5 Å². The van der Waals surface area contributed by atoms with Gasteiger partial charge in [0.15, 0.2) is 23.9 Å². The fourth-order valence-corrected chi connectivity index (χ4v) is 3.60. The van der Waals surface area contributed by atoms with Crippen molar-refractivity contribution < 1.29 is 64.2 Å². The smallest absolute Gasteiger partial charge is 0.335 e. The molecule has 2 fully saturated rings. The molecule has 1 aromatic rings. The Kier molecular flexibility index (Phi) is 8.10. The summed E-state index contributed by atoms with van der Waals surface area (Å²) >= 11 is 0. The number of carbonyl (C=O) groups is 1. The molecule has 33 heavy (non-hydrogen) atoms. The number of methoxy groups -OCH3 is 1. The van der Waals surface area contributed by atoms with Crippen LogP contribution in [0.1, 0.15) is 17.3 Å². The molecule has 13 nitrogen and oxygen atoms in total. The second kappa shape index (κ2) is 10.5. The molecule has 0 amide bonds. The standard InChI is InChI=1S/C20H28O13/c1-7-12(22)14(24)16(26)19(30-7)33-17-15(25)13(23)11(6-21)32-20(17)31-9-4-3-8(18(27)28)5-10(9)29-2/h3-5,7,11-17,19-26H,6H2,1-2H3,(H,27,28)/t7-,11+,12-,13+,14+,15-,16+,17+,19-,20+/m0/s1. The molecule has 1 aromatic carbocycles. The molecule has 0 spiro atoms. The van der Waals surface area contributed by atoms with E-state index in [1.54, 1.807) is 0 Å². The Hall–Kier alpha value is -2.07. The molecule has 0 bridgehead atoms. The lowest BCUT2D eigenvalue weighted by Gasteiger charge is -2.45. The van der Waals surface area contributed by atoms with Gasteiger partial charge in [-0.15, -0.1) is 0 Å². The molecule has 13 heteroatoms. The SMILES string of the molecule is COc1cc(C(=O)O)ccc1O[C@@H]1O[C@H](CO)[C@@H](O)[C@H](O)[C@H]1O[C@@H]1O[C@@H](C)[C@H](O)[C@@H](O)[C@H]1O. The maximum absolute atomic E-state index is 11.2. The van der Waals surface area contributed by atoms with Crippen LogP contribution in [0.3, 0.4) is 0 Å². The summed E-state index contributed by atoms with van der Waals surface area (Å²) in [5.41, 5.74) is -0.0829. The highest BCUT2D eigenvalue weighted by Gasteiger charge is 2.51. The third-order valence-corrected chi connectivity index (χ3v) is 5.58. The monoisotopic (exact) mass is 476 g/mol. The van der Waals surface area contributed by atoms with Crippen molar-refractivity contribution in [2.45, 2.75) is 68.3 Å². The fourth-order valence-electron chi connectivity index (χ4n) is 3.60. The van der Waals surface area contributed by atoms with E-state index in [1.807, 2.05) is 0 Å². The zero-order valence-corrected chi connectivity index (χ0v) is 17.8. The number of hydrogen-bond acceptors (Lipinski definition) is 12. The van der Waals surface area contributed by atoms with Gasteiger partial charge in [0.2, 0.25) is 6.29 Å². The third kappa shape index (κ3) is 5.21. The topological polar surface area (TPSA) is 205 Å². The van der Waals surface area contributed by atoms with Gasteiger partial charge in [0.05, 0.1) is 25.4 Å². The number of aliphatic hydroxyl groups excluding tert-OH is 6. The minimum absolute atomic E-state index is 0.00434. The Bertz CT molecular complexity index is 819. The summed E-state index contributed by atoms with van der Waals surface area (Å²) in [5.74, 6) is -1.19. The first-order chi connectivity index (χ1) is 15.6. The van der Waals surface area contributed by atoms with Gasteiger partial charge in [0.25, 0.3) is 0 Å². The summed E-state index contributed by atoms with van der Waals surface area (Å²) in [5, 5.41) is 69.7. The van der Waals surface area contributed by atoms with Crippen LogP contribution in [-0.4, -0.2) is 117 Å². The van der Waals surface area contributed by atoms with Gasteiger partial charge in [-0.2, -0.15) is 0 Å². The van der Waals surface area contributed by atoms with E-state index < -0.39 is 74.0 Å². The first kappa shape index (κ1) is 25.6. The summed E-state index contributed by atoms with van der Waals surface area (Å²) in [7, 11) is 1.28. The fraction of sp³-hybridized carbons (Fsp3) is 0.650. The van der Waals surface area contributed by atoms with Gasteiger partial charge in [-0.3, -0.25) is 0 Å². The lowest BCUT2D eigenvalue weighted by molar-refractivity contribution is -0.354. The number of hydrogen-bond donors (Lipinski definition) is 7. The van der Waals surface area contributed by atoms with E-state index in [0.717, 1.165) is 0 Å². The first-order valence-electron chi connectivity index (χ1n) is 10.1. The molecule has 0 saturated carbocycles. The molecule has 2 saturated heterocycles. The predicted octanol–water partition coefficient (Wildman–Crippen LogP) is -2.58. The summed E-state index contributed by atoms with van der Waals surface area (Å²) < 4.78 is 27.4. The summed E-state index contributed by atoms with van der Waals surface area (Å²) in [6.45, 7) is 0.758. The van der Waals surface area contributed by atoms with E-state index in [4.69, 9.17) is 28.8 Å². The molecule has 10 atom stereocenters. The third-order valence-electron chi connectivity index (χ3n) is 5.58. The van der Waals surface area contributed by atoms with E-state index >= 15 is 0 Å². The van der Waals surface area contributed by atoms with Crippen LogP contribution in [-0.2, 0) is 14.2 Å². The van der Waals surface area contributed by atoms with Gasteiger partial charge in [-0.25, -0.2) is 4.79 Å². The molecule has 3 rings (SSSR count). The zero-order chi connectivity index (χ0) is 24.4. The van der Waals surface area contributed by atoms with E-state index in [9.17, 15) is 35.4 Å². The van der Waals surface area contributed by atoms with E-state index in [1.165, 1.54) is 32.2 Å². The first-order valence-corrected chi connectivity index (χ1v) is 10.1. The average molecular weight is 476 g/mol. The lowest BCUT2D eigenvalue weighted by Crippen LogP contribution is -2.64. The van der Waals surface area contributed by atoms with E-state index in [2.05, 4.69) is 0 Å². The molecule has 2 aliphatic rings. The van der Waals surface area contributed by atoms with Crippen molar-refractivity contribution in [2.75, 3.05) is 13.7 Å². The van der Waals surface area contributed by atoms with Crippen LogP contribution in [0.4, 0.5) is 0 Å². The zero-order valence-electron chi connectivity index (χ0n) is 17.8. The van der Waals surface area contributed by atoms with Crippen molar-refractivity contribution in [3.05, 3.63) is 23.8 Å². The predicted molar refractivity (Wildman–Crippen MR) is 106 cm³/mol. The number of rotatable bonds is 7. The van der Waals surface area contributed by atoms with Gasteiger partial charge >= 0.3 is 5.97 Å². The molecule has 7 N–H and O–H groups in total. The highest BCUT2D eigenvalue weighted by atomic mass is 16.8. The number of carboxylic acid groups (broad SMARTS) is 1. The number of aromatic carboxylic acids is 1. The summed E-state index contributed by atoms with van der Waals surface area (Å²) in [6.07, 6.45) is -14.8. The minimum Gasteiger partial charge on any atom is -0.493 e. The van der Waals surface area contributed by atoms with Gasteiger partial charge in [0, 0.05) is 0 Å². The highest BCUT2D eigenvalue weighted by molar-refractivity contribution is 5.88. The molecular formula is C20H28O13. The Balaban J connectivity index is 1.87. The molecule has 2 aliphatic heterocycles. The van der Waals surface area contributed by atoms with Crippen LogP contribution < -0.4 is 9.47 Å². The number of aliphatic hydroxyl groups is 6. The Morgan fingerprint density at radius 2 is 1.64 bits per heavy atom. The van der Waals surface area contributed by atoms with Crippen LogP contribution in [0, 0.1) is 0 Å². The van der Waals surface area contributed by atoms with Gasteiger partial charge in [0.1, 0.15) is 36.6 Å². The molecule has 2 heterocycles. The van der Waals surface area contributed by atoms with E-state index in [0.29, 0.717) is 0 Å². The normalized spacial score (nSPS) is 39.2. The van der Waals surface area contributed by atoms with Crippen molar-refractivity contribution in [3.8, 4) is 11.5 Å².